The van der Waals surface area contributed by atoms with Gasteiger partial charge in [0.05, 0.1) is 7.11 Å². The number of methoxy groups -OCH3 is 1. The molecule has 18 heavy (non-hydrogen) atoms. The van der Waals surface area contributed by atoms with Crippen LogP contribution in [0.2, 0.25) is 0 Å². The van der Waals surface area contributed by atoms with Crippen LogP contribution in [-0.2, 0) is 11.2 Å². The van der Waals surface area contributed by atoms with E-state index in [1.54, 1.807) is 7.11 Å². The van der Waals surface area contributed by atoms with Crippen molar-refractivity contribution in [3.8, 4) is 5.75 Å². The fourth-order valence-electron chi connectivity index (χ4n) is 2.82. The van der Waals surface area contributed by atoms with E-state index in [0.29, 0.717) is 5.92 Å². The highest BCUT2D eigenvalue weighted by molar-refractivity contribution is 5.66. The Balaban J connectivity index is 2.05. The van der Waals surface area contributed by atoms with Gasteiger partial charge in [0.2, 0.25) is 0 Å². The molecule has 1 aliphatic rings. The summed E-state index contributed by atoms with van der Waals surface area (Å²) in [6, 6.07) is 6.28. The maximum atomic E-state index is 10.6. The molecule has 3 heteroatoms. The Hall–Kier alpha value is -1.51. The van der Waals surface area contributed by atoms with E-state index in [2.05, 4.69) is 12.1 Å². The number of rotatable bonds is 5. The minimum absolute atomic E-state index is 0.280. The zero-order chi connectivity index (χ0) is 13.0. The molecule has 0 fully saturated rings. The van der Waals surface area contributed by atoms with Gasteiger partial charge in [-0.15, -0.1) is 0 Å². The predicted octanol–water partition coefficient (Wildman–Crippen LogP) is 3.37. The zero-order valence-electron chi connectivity index (χ0n) is 10.8. The number of benzene rings is 1. The Morgan fingerprint density at radius 3 is 3.06 bits per heavy atom. The molecule has 1 aromatic rings. The van der Waals surface area contributed by atoms with Gasteiger partial charge in [-0.25, -0.2) is 0 Å². The summed E-state index contributed by atoms with van der Waals surface area (Å²) in [6.07, 6.45) is 5.51. The van der Waals surface area contributed by atoms with Gasteiger partial charge in [0.15, 0.2) is 0 Å². The van der Waals surface area contributed by atoms with Gasteiger partial charge in [-0.3, -0.25) is 4.79 Å². The second kappa shape index (κ2) is 5.89. The summed E-state index contributed by atoms with van der Waals surface area (Å²) in [5, 5.41) is 8.69. The molecule has 0 radical (unpaired) electrons. The highest BCUT2D eigenvalue weighted by Crippen LogP contribution is 2.36. The smallest absolute Gasteiger partial charge is 0.303 e. The normalized spacial score (nSPS) is 18.2. The van der Waals surface area contributed by atoms with Crippen molar-refractivity contribution in [2.75, 3.05) is 7.11 Å². The van der Waals surface area contributed by atoms with E-state index in [0.717, 1.165) is 25.0 Å². The second-order valence-corrected chi connectivity index (χ2v) is 4.94. The average Bonchev–Trinajstić information content (AvgIpc) is 2.38. The Morgan fingerprint density at radius 1 is 1.50 bits per heavy atom. The Bertz CT molecular complexity index is 426. The third kappa shape index (κ3) is 3.03. The third-order valence-corrected chi connectivity index (χ3v) is 3.73. The summed E-state index contributed by atoms with van der Waals surface area (Å²) in [6.45, 7) is 0. The molecule has 0 saturated heterocycles. The lowest BCUT2D eigenvalue weighted by Crippen LogP contribution is -2.10. The van der Waals surface area contributed by atoms with Gasteiger partial charge in [0, 0.05) is 6.42 Å². The van der Waals surface area contributed by atoms with Crippen molar-refractivity contribution in [2.45, 2.75) is 44.4 Å². The standard InChI is InChI=1S/C15H20O3/c1-18-13-8-9-14-11(5-3-7-15(16)17)4-2-6-12(14)10-13/h8-11H,2-7H2,1H3,(H,16,17). The van der Waals surface area contributed by atoms with E-state index < -0.39 is 5.97 Å². The van der Waals surface area contributed by atoms with Gasteiger partial charge in [-0.1, -0.05) is 6.07 Å². The van der Waals surface area contributed by atoms with Crippen molar-refractivity contribution in [1.29, 1.82) is 0 Å². The third-order valence-electron chi connectivity index (χ3n) is 3.73. The molecule has 1 aliphatic carbocycles. The Morgan fingerprint density at radius 2 is 2.33 bits per heavy atom. The van der Waals surface area contributed by atoms with Crippen LogP contribution in [0.3, 0.4) is 0 Å². The van der Waals surface area contributed by atoms with Gasteiger partial charge in [0.1, 0.15) is 5.75 Å². The van der Waals surface area contributed by atoms with Crippen LogP contribution in [0.4, 0.5) is 0 Å². The number of aryl methyl sites for hydroxylation is 1. The van der Waals surface area contributed by atoms with Crippen molar-refractivity contribution in [1.82, 2.24) is 0 Å². The van der Waals surface area contributed by atoms with Gasteiger partial charge in [-0.05, 0) is 61.3 Å². The first kappa shape index (κ1) is 12.9. The minimum atomic E-state index is -0.694. The number of hydrogen-bond acceptors (Lipinski definition) is 2. The molecular weight excluding hydrogens is 228 g/mol. The summed E-state index contributed by atoms with van der Waals surface area (Å²) >= 11 is 0. The van der Waals surface area contributed by atoms with Gasteiger partial charge in [-0.2, -0.15) is 0 Å². The SMILES string of the molecule is COc1ccc2c(c1)CCCC2CCCC(=O)O. The predicted molar refractivity (Wildman–Crippen MR) is 70.2 cm³/mol. The monoisotopic (exact) mass is 248 g/mol. The maximum absolute atomic E-state index is 10.6. The van der Waals surface area contributed by atoms with Crippen LogP contribution in [0, 0.1) is 0 Å². The van der Waals surface area contributed by atoms with E-state index in [1.807, 2.05) is 6.07 Å². The number of carboxylic acids is 1. The molecule has 3 nitrogen and oxygen atoms in total. The molecule has 1 N–H and O–H groups in total. The van der Waals surface area contributed by atoms with E-state index in [-0.39, 0.29) is 6.42 Å². The first-order valence-corrected chi connectivity index (χ1v) is 6.59. The first-order valence-electron chi connectivity index (χ1n) is 6.59. The summed E-state index contributed by atoms with van der Waals surface area (Å²) < 4.78 is 5.25. The molecule has 0 saturated carbocycles. The molecular formula is C15H20O3. The molecule has 0 aliphatic heterocycles. The van der Waals surface area contributed by atoms with E-state index in [4.69, 9.17) is 9.84 Å². The van der Waals surface area contributed by atoms with Gasteiger partial charge in [0.25, 0.3) is 0 Å². The van der Waals surface area contributed by atoms with Crippen LogP contribution in [0.15, 0.2) is 18.2 Å². The van der Waals surface area contributed by atoms with Crippen LogP contribution in [0.25, 0.3) is 0 Å². The number of fused-ring (bicyclic) bond motifs is 1. The van der Waals surface area contributed by atoms with E-state index >= 15 is 0 Å². The lowest BCUT2D eigenvalue weighted by Gasteiger charge is -2.25. The molecule has 0 bridgehead atoms. The molecule has 0 aromatic heterocycles. The second-order valence-electron chi connectivity index (χ2n) is 4.94. The number of carbonyl (C=O) groups is 1. The van der Waals surface area contributed by atoms with Gasteiger partial charge >= 0.3 is 5.97 Å². The quantitative estimate of drug-likeness (QED) is 0.869. The van der Waals surface area contributed by atoms with Gasteiger partial charge < -0.3 is 9.84 Å². The lowest BCUT2D eigenvalue weighted by atomic mass is 9.80. The van der Waals surface area contributed by atoms with E-state index in [9.17, 15) is 4.79 Å². The Labute approximate surface area is 108 Å². The number of carboxylic acid groups (broad SMARTS) is 1. The molecule has 1 aromatic carbocycles. The topological polar surface area (TPSA) is 46.5 Å². The van der Waals surface area contributed by atoms with Crippen LogP contribution in [0.5, 0.6) is 5.75 Å². The summed E-state index contributed by atoms with van der Waals surface area (Å²) in [5.74, 6) is 0.750. The summed E-state index contributed by atoms with van der Waals surface area (Å²) in [4.78, 5) is 10.6. The minimum Gasteiger partial charge on any atom is -0.497 e. The summed E-state index contributed by atoms with van der Waals surface area (Å²) in [7, 11) is 1.69. The Kier molecular flexibility index (Phi) is 4.24. The zero-order valence-corrected chi connectivity index (χ0v) is 10.8. The summed E-state index contributed by atoms with van der Waals surface area (Å²) in [5.41, 5.74) is 2.77. The maximum Gasteiger partial charge on any atom is 0.303 e. The molecule has 0 spiro atoms. The fourth-order valence-corrected chi connectivity index (χ4v) is 2.82. The first-order chi connectivity index (χ1) is 8.70. The van der Waals surface area contributed by atoms with Crippen molar-refractivity contribution < 1.29 is 14.6 Å². The number of aliphatic carboxylic acids is 1. The lowest BCUT2D eigenvalue weighted by molar-refractivity contribution is -0.137. The molecule has 2 rings (SSSR count). The van der Waals surface area contributed by atoms with Crippen molar-refractivity contribution in [3.05, 3.63) is 29.3 Å². The molecule has 1 atom stereocenters. The number of ether oxygens (including phenoxy) is 1. The molecule has 0 heterocycles. The fraction of sp³-hybridized carbons (Fsp3) is 0.533. The van der Waals surface area contributed by atoms with Crippen molar-refractivity contribution in [3.63, 3.8) is 0 Å². The van der Waals surface area contributed by atoms with Crippen LogP contribution < -0.4 is 4.74 Å². The van der Waals surface area contributed by atoms with Crippen LogP contribution in [0.1, 0.15) is 49.1 Å². The molecule has 98 valence electrons. The van der Waals surface area contributed by atoms with Crippen molar-refractivity contribution >= 4 is 5.97 Å². The van der Waals surface area contributed by atoms with Crippen LogP contribution in [-0.4, -0.2) is 18.2 Å². The highest BCUT2D eigenvalue weighted by atomic mass is 16.5. The number of hydrogen-bond donors (Lipinski definition) is 1. The average molecular weight is 248 g/mol. The molecule has 0 amide bonds. The van der Waals surface area contributed by atoms with E-state index in [1.165, 1.54) is 24.0 Å². The highest BCUT2D eigenvalue weighted by Gasteiger charge is 2.20. The largest absolute Gasteiger partial charge is 0.497 e. The molecule has 1 unspecified atom stereocenters. The van der Waals surface area contributed by atoms with Crippen molar-refractivity contribution in [2.24, 2.45) is 0 Å². The van der Waals surface area contributed by atoms with Crippen LogP contribution >= 0.6 is 0 Å².